The molecule has 0 aliphatic heterocycles. The van der Waals surface area contributed by atoms with E-state index in [1.807, 2.05) is 0 Å². The van der Waals surface area contributed by atoms with Crippen LogP contribution in [0.2, 0.25) is 0 Å². The number of rotatable bonds is 3. The molecule has 2 atom stereocenters. The number of allylic oxidation sites excluding steroid dienone is 8. The van der Waals surface area contributed by atoms with Crippen molar-refractivity contribution in [2.45, 2.75) is 6.92 Å². The van der Waals surface area contributed by atoms with Crippen LogP contribution in [-0.2, 0) is 0 Å². The summed E-state index contributed by atoms with van der Waals surface area (Å²) in [5.74, 6) is 0.356. The Kier molecular flexibility index (Phi) is 5.09. The lowest BCUT2D eigenvalue weighted by Gasteiger charge is -2.34. The molecule has 2 aliphatic rings. The van der Waals surface area contributed by atoms with Gasteiger partial charge in [-0.05, 0) is 63.4 Å². The van der Waals surface area contributed by atoms with Crippen molar-refractivity contribution < 1.29 is 0 Å². The van der Waals surface area contributed by atoms with Crippen molar-refractivity contribution in [3.8, 4) is 22.3 Å². The first-order valence-electron chi connectivity index (χ1n) is 14.1. The summed E-state index contributed by atoms with van der Waals surface area (Å²) in [7, 11) is 0. The van der Waals surface area contributed by atoms with E-state index in [1.165, 1.54) is 60.5 Å². The van der Waals surface area contributed by atoms with Crippen LogP contribution in [-0.4, -0.2) is 4.57 Å². The Bertz CT molecular complexity index is 2060. The number of nitrogens with zero attached hydrogens (tertiary/aromatic N) is 1. The number of benzene rings is 5. The van der Waals surface area contributed by atoms with Crippen LogP contribution in [0.15, 0.2) is 152 Å². The SMILES string of the molecule is CC12C=CC=CC1C=C(n1c3ccccc3c3cc(-c4ccc(-c5ccc6ccccc6c5)cc4)ccc31)C=C2. The smallest absolute Gasteiger partial charge is 0.0541 e. The molecule has 6 aromatic rings. The maximum Gasteiger partial charge on any atom is 0.0541 e. The monoisotopic (exact) mass is 511 g/mol. The van der Waals surface area contributed by atoms with Gasteiger partial charge in [-0.3, -0.25) is 0 Å². The zero-order valence-electron chi connectivity index (χ0n) is 22.5. The number of fused-ring (bicyclic) bond motifs is 5. The standard InChI is InChI=1S/C39H29N/c1-39-22-7-6-10-33(39)26-34(21-23-39)40-37-12-5-4-11-35(37)36-25-32(19-20-38(36)40)29-15-13-28(14-16-29)31-18-17-27-8-2-3-9-30(27)24-31/h2-26,33H,1H3. The third-order valence-corrected chi connectivity index (χ3v) is 8.80. The van der Waals surface area contributed by atoms with Crippen LogP contribution in [0.25, 0.3) is 60.5 Å². The summed E-state index contributed by atoms with van der Waals surface area (Å²) in [5.41, 5.74) is 8.73. The molecule has 0 radical (unpaired) electrons. The zero-order valence-corrected chi connectivity index (χ0v) is 22.5. The average Bonchev–Trinajstić information content (AvgIpc) is 3.34. The number of hydrogen-bond donors (Lipinski definition) is 0. The molecule has 1 nitrogen and oxygen atoms in total. The van der Waals surface area contributed by atoms with Gasteiger partial charge in [0.2, 0.25) is 0 Å². The molecule has 190 valence electrons. The van der Waals surface area contributed by atoms with E-state index in [0.717, 1.165) is 0 Å². The van der Waals surface area contributed by atoms with Crippen molar-refractivity contribution in [2.24, 2.45) is 11.3 Å². The summed E-state index contributed by atoms with van der Waals surface area (Å²) in [5, 5.41) is 5.12. The van der Waals surface area contributed by atoms with Crippen molar-refractivity contribution in [2.75, 3.05) is 0 Å². The largest absolute Gasteiger partial charge is 0.310 e. The lowest BCUT2D eigenvalue weighted by atomic mass is 9.71. The van der Waals surface area contributed by atoms with E-state index in [9.17, 15) is 0 Å². The second kappa shape index (κ2) is 8.83. The molecule has 8 rings (SSSR count). The Morgan fingerprint density at radius 1 is 0.575 bits per heavy atom. The van der Waals surface area contributed by atoms with Gasteiger partial charge in [0.15, 0.2) is 0 Å². The molecule has 0 spiro atoms. The molecule has 2 aliphatic carbocycles. The van der Waals surface area contributed by atoms with Gasteiger partial charge in [0.05, 0.1) is 11.0 Å². The van der Waals surface area contributed by atoms with E-state index in [2.05, 4.69) is 163 Å². The highest BCUT2D eigenvalue weighted by Gasteiger charge is 2.31. The highest BCUT2D eigenvalue weighted by atomic mass is 15.0. The summed E-state index contributed by atoms with van der Waals surface area (Å²) in [6.45, 7) is 2.31. The van der Waals surface area contributed by atoms with Gasteiger partial charge >= 0.3 is 0 Å². The van der Waals surface area contributed by atoms with Gasteiger partial charge in [0.25, 0.3) is 0 Å². The summed E-state index contributed by atoms with van der Waals surface area (Å²) in [6, 6.07) is 39.9. The highest BCUT2D eigenvalue weighted by Crippen LogP contribution is 2.43. The molecule has 0 saturated carbocycles. The lowest BCUT2D eigenvalue weighted by Crippen LogP contribution is -2.24. The summed E-state index contributed by atoms with van der Waals surface area (Å²) >= 11 is 0. The highest BCUT2D eigenvalue weighted by molar-refractivity contribution is 6.11. The van der Waals surface area contributed by atoms with Crippen LogP contribution in [0.5, 0.6) is 0 Å². The van der Waals surface area contributed by atoms with Gasteiger partial charge < -0.3 is 4.57 Å². The summed E-state index contributed by atoms with van der Waals surface area (Å²) in [6.07, 6.45) is 16.0. The number of para-hydroxylation sites is 1. The Labute approximate surface area is 234 Å². The molecule has 0 saturated heterocycles. The first kappa shape index (κ1) is 23.0. The molecule has 0 fully saturated rings. The molecular weight excluding hydrogens is 482 g/mol. The Hall–Kier alpha value is -4.88. The number of aromatic nitrogens is 1. The Balaban J connectivity index is 1.20. The molecule has 40 heavy (non-hydrogen) atoms. The van der Waals surface area contributed by atoms with Crippen molar-refractivity contribution in [3.05, 3.63) is 152 Å². The van der Waals surface area contributed by atoms with E-state index >= 15 is 0 Å². The number of hydrogen-bond acceptors (Lipinski definition) is 0. The fourth-order valence-corrected chi connectivity index (χ4v) is 6.48. The van der Waals surface area contributed by atoms with E-state index in [-0.39, 0.29) is 5.41 Å². The van der Waals surface area contributed by atoms with Crippen LogP contribution in [0.4, 0.5) is 0 Å². The van der Waals surface area contributed by atoms with Crippen LogP contribution < -0.4 is 0 Å². The summed E-state index contributed by atoms with van der Waals surface area (Å²) < 4.78 is 2.43. The molecular formula is C39H29N. The van der Waals surface area contributed by atoms with Crippen LogP contribution in [0, 0.1) is 11.3 Å². The first-order valence-corrected chi connectivity index (χ1v) is 14.1. The Morgan fingerprint density at radius 3 is 2.10 bits per heavy atom. The van der Waals surface area contributed by atoms with Crippen molar-refractivity contribution in [3.63, 3.8) is 0 Å². The molecule has 0 N–H and O–H groups in total. The minimum atomic E-state index is 0.0448. The maximum atomic E-state index is 2.43. The van der Waals surface area contributed by atoms with Crippen LogP contribution in [0.3, 0.4) is 0 Å². The second-order valence-electron chi connectivity index (χ2n) is 11.3. The van der Waals surface area contributed by atoms with Crippen LogP contribution >= 0.6 is 0 Å². The topological polar surface area (TPSA) is 4.93 Å². The fourth-order valence-electron chi connectivity index (χ4n) is 6.48. The fraction of sp³-hybridized carbons (Fsp3) is 0.0769. The Morgan fingerprint density at radius 2 is 1.25 bits per heavy atom. The van der Waals surface area contributed by atoms with Gasteiger partial charge in [-0.15, -0.1) is 0 Å². The minimum absolute atomic E-state index is 0.0448. The lowest BCUT2D eigenvalue weighted by molar-refractivity contribution is 0.453. The van der Waals surface area contributed by atoms with E-state index in [1.54, 1.807) is 0 Å². The summed E-state index contributed by atoms with van der Waals surface area (Å²) in [4.78, 5) is 0. The van der Waals surface area contributed by atoms with Gasteiger partial charge in [0, 0.05) is 27.8 Å². The minimum Gasteiger partial charge on any atom is -0.310 e. The second-order valence-corrected chi connectivity index (χ2v) is 11.3. The predicted octanol–water partition coefficient (Wildman–Crippen LogP) is 10.4. The first-order chi connectivity index (χ1) is 19.7. The van der Waals surface area contributed by atoms with Gasteiger partial charge in [-0.1, -0.05) is 128 Å². The maximum absolute atomic E-state index is 2.43. The van der Waals surface area contributed by atoms with Crippen LogP contribution in [0.1, 0.15) is 6.92 Å². The third kappa shape index (κ3) is 3.62. The van der Waals surface area contributed by atoms with Gasteiger partial charge in [-0.25, -0.2) is 0 Å². The molecule has 1 heterocycles. The molecule has 1 heteroatoms. The molecule has 2 unspecified atom stereocenters. The predicted molar refractivity (Wildman–Crippen MR) is 171 cm³/mol. The van der Waals surface area contributed by atoms with Gasteiger partial charge in [0.1, 0.15) is 0 Å². The quantitative estimate of drug-likeness (QED) is 0.223. The van der Waals surface area contributed by atoms with Gasteiger partial charge in [-0.2, -0.15) is 0 Å². The molecule has 5 aromatic carbocycles. The third-order valence-electron chi connectivity index (χ3n) is 8.80. The average molecular weight is 512 g/mol. The molecule has 1 aromatic heterocycles. The normalized spacial score (nSPS) is 19.8. The van der Waals surface area contributed by atoms with Crippen molar-refractivity contribution in [1.29, 1.82) is 0 Å². The molecule has 0 amide bonds. The van der Waals surface area contributed by atoms with E-state index in [0.29, 0.717) is 5.92 Å². The molecule has 0 bridgehead atoms. The van der Waals surface area contributed by atoms with Crippen molar-refractivity contribution >= 4 is 38.3 Å². The zero-order chi connectivity index (χ0) is 26.7. The van der Waals surface area contributed by atoms with E-state index in [4.69, 9.17) is 0 Å². The van der Waals surface area contributed by atoms with E-state index < -0.39 is 0 Å². The van der Waals surface area contributed by atoms with Crippen molar-refractivity contribution in [1.82, 2.24) is 4.57 Å².